The Morgan fingerprint density at radius 2 is 1.95 bits per heavy atom. The first-order valence-electron chi connectivity index (χ1n) is 8.27. The zero-order valence-electron chi connectivity index (χ0n) is 14.0. The molecule has 1 aliphatic rings. The van der Waals surface area contributed by atoms with E-state index in [4.69, 9.17) is 9.47 Å². The van der Waals surface area contributed by atoms with Gasteiger partial charge in [-0.1, -0.05) is 38.5 Å². The molecule has 3 heteroatoms. The summed E-state index contributed by atoms with van der Waals surface area (Å²) in [7, 11) is 0. The van der Waals surface area contributed by atoms with Crippen molar-refractivity contribution in [3.63, 3.8) is 0 Å². The first-order chi connectivity index (χ1) is 9.94. The summed E-state index contributed by atoms with van der Waals surface area (Å²) in [4.78, 5) is 12.1. The molecule has 3 nitrogen and oxygen atoms in total. The molecular formula is C18H30O3. The molecule has 0 amide bonds. The molecule has 0 spiro atoms. The molecule has 1 saturated heterocycles. The summed E-state index contributed by atoms with van der Waals surface area (Å²) in [5.74, 6) is 6.15. The highest BCUT2D eigenvalue weighted by Gasteiger charge is 2.36. The van der Waals surface area contributed by atoms with Crippen molar-refractivity contribution >= 4 is 5.97 Å². The number of rotatable bonds is 6. The fourth-order valence-corrected chi connectivity index (χ4v) is 2.35. The molecule has 1 heterocycles. The molecule has 2 atom stereocenters. The molecule has 21 heavy (non-hydrogen) atoms. The van der Waals surface area contributed by atoms with Crippen LogP contribution in [0.2, 0.25) is 0 Å². The van der Waals surface area contributed by atoms with Gasteiger partial charge in [-0.25, -0.2) is 4.79 Å². The van der Waals surface area contributed by atoms with Crippen LogP contribution in [0.15, 0.2) is 0 Å². The Labute approximate surface area is 129 Å². The smallest absolute Gasteiger partial charge is 0.337 e. The van der Waals surface area contributed by atoms with Gasteiger partial charge in [-0.3, -0.25) is 0 Å². The van der Waals surface area contributed by atoms with Gasteiger partial charge in [0.25, 0.3) is 0 Å². The van der Waals surface area contributed by atoms with E-state index in [1.807, 2.05) is 20.8 Å². The third-order valence-corrected chi connectivity index (χ3v) is 3.42. The molecule has 1 rings (SSSR count). The van der Waals surface area contributed by atoms with Crippen molar-refractivity contribution in [2.45, 2.75) is 84.3 Å². The van der Waals surface area contributed by atoms with Crippen molar-refractivity contribution in [1.29, 1.82) is 0 Å². The van der Waals surface area contributed by atoms with Crippen molar-refractivity contribution in [2.75, 3.05) is 6.61 Å². The summed E-state index contributed by atoms with van der Waals surface area (Å²) < 4.78 is 10.9. The maximum Gasteiger partial charge on any atom is 0.337 e. The van der Waals surface area contributed by atoms with Gasteiger partial charge in [-0.05, 0) is 33.6 Å². The number of ether oxygens (including phenoxy) is 2. The lowest BCUT2D eigenvalue weighted by molar-refractivity contribution is -0.166. The van der Waals surface area contributed by atoms with Gasteiger partial charge in [0.15, 0.2) is 6.10 Å². The van der Waals surface area contributed by atoms with E-state index in [2.05, 4.69) is 18.8 Å². The van der Waals surface area contributed by atoms with Crippen molar-refractivity contribution < 1.29 is 14.3 Å². The molecule has 0 radical (unpaired) electrons. The minimum Gasteiger partial charge on any atom is -0.458 e. The van der Waals surface area contributed by atoms with E-state index in [9.17, 15) is 4.79 Å². The number of carbonyl (C=O) groups is 1. The van der Waals surface area contributed by atoms with Crippen molar-refractivity contribution in [3.05, 3.63) is 0 Å². The van der Waals surface area contributed by atoms with E-state index in [0.29, 0.717) is 6.61 Å². The van der Waals surface area contributed by atoms with Crippen LogP contribution in [0.25, 0.3) is 0 Å². The molecule has 0 aliphatic carbocycles. The Hall–Kier alpha value is -1.01. The Morgan fingerprint density at radius 3 is 2.62 bits per heavy atom. The zero-order chi connectivity index (χ0) is 15.7. The molecule has 0 N–H and O–H groups in total. The van der Waals surface area contributed by atoms with Crippen LogP contribution in [0.3, 0.4) is 0 Å². The van der Waals surface area contributed by atoms with Crippen molar-refractivity contribution in [1.82, 2.24) is 0 Å². The molecule has 1 aliphatic heterocycles. The third kappa shape index (κ3) is 7.52. The molecule has 0 aromatic rings. The zero-order valence-corrected chi connectivity index (χ0v) is 14.0. The molecule has 120 valence electrons. The monoisotopic (exact) mass is 294 g/mol. The summed E-state index contributed by atoms with van der Waals surface area (Å²) in [6, 6.07) is 0. The summed E-state index contributed by atoms with van der Waals surface area (Å²) in [6.07, 6.45) is 7.51. The van der Waals surface area contributed by atoms with Crippen molar-refractivity contribution in [2.24, 2.45) is 5.92 Å². The highest BCUT2D eigenvalue weighted by molar-refractivity contribution is 5.76. The van der Waals surface area contributed by atoms with Gasteiger partial charge < -0.3 is 9.47 Å². The number of esters is 1. The fraction of sp³-hybridized carbons (Fsp3) is 0.833. The van der Waals surface area contributed by atoms with Crippen LogP contribution in [-0.2, 0) is 14.3 Å². The lowest BCUT2D eigenvalue weighted by Crippen LogP contribution is -2.34. The van der Waals surface area contributed by atoms with E-state index in [-0.39, 0.29) is 11.9 Å². The Balaban J connectivity index is 2.35. The minimum atomic E-state index is -0.503. The van der Waals surface area contributed by atoms with Gasteiger partial charge >= 0.3 is 5.97 Å². The molecule has 0 unspecified atom stereocenters. The van der Waals surface area contributed by atoms with Gasteiger partial charge in [0, 0.05) is 13.0 Å². The van der Waals surface area contributed by atoms with Crippen LogP contribution in [0.4, 0.5) is 0 Å². The molecule has 0 bridgehead atoms. The lowest BCUT2D eigenvalue weighted by Gasteiger charge is -2.22. The third-order valence-electron chi connectivity index (χ3n) is 3.42. The van der Waals surface area contributed by atoms with E-state index in [0.717, 1.165) is 19.3 Å². The fourth-order valence-electron chi connectivity index (χ4n) is 2.35. The number of unbranched alkanes of at least 4 members (excludes halogenated alkanes) is 5. The van der Waals surface area contributed by atoms with Crippen LogP contribution in [0, 0.1) is 17.8 Å². The van der Waals surface area contributed by atoms with Gasteiger partial charge in [-0.15, -0.1) is 5.92 Å². The second-order valence-electron chi connectivity index (χ2n) is 6.71. The quantitative estimate of drug-likeness (QED) is 0.420. The predicted molar refractivity (Wildman–Crippen MR) is 84.8 cm³/mol. The topological polar surface area (TPSA) is 35.5 Å². The second kappa shape index (κ2) is 9.10. The standard InChI is InChI=1S/C18H30O3/c1-5-6-7-8-9-10-11-12-15-13-14-20-16(15)17(19)21-18(2,3)4/h15-16H,5-10,13-14H2,1-4H3/t15-,16-/m1/s1. The van der Waals surface area contributed by atoms with Crippen LogP contribution >= 0.6 is 0 Å². The molecule has 0 aromatic heterocycles. The second-order valence-corrected chi connectivity index (χ2v) is 6.71. The van der Waals surface area contributed by atoms with Crippen LogP contribution in [0.1, 0.15) is 72.6 Å². The van der Waals surface area contributed by atoms with Gasteiger partial charge in [0.05, 0.1) is 5.92 Å². The average Bonchev–Trinajstić information content (AvgIpc) is 2.84. The van der Waals surface area contributed by atoms with E-state index in [1.54, 1.807) is 0 Å². The van der Waals surface area contributed by atoms with E-state index >= 15 is 0 Å². The molecule has 0 saturated carbocycles. The maximum atomic E-state index is 12.1. The van der Waals surface area contributed by atoms with Gasteiger partial charge in [0.2, 0.25) is 0 Å². The molecule has 1 fully saturated rings. The maximum absolute atomic E-state index is 12.1. The summed E-state index contributed by atoms with van der Waals surface area (Å²) in [5, 5.41) is 0. The number of carbonyl (C=O) groups excluding carboxylic acids is 1. The first kappa shape index (κ1) is 18.0. The first-order valence-corrected chi connectivity index (χ1v) is 8.27. The van der Waals surface area contributed by atoms with Gasteiger partial charge in [0.1, 0.15) is 5.60 Å². The predicted octanol–water partition coefficient (Wildman–Crippen LogP) is 4.10. The normalized spacial score (nSPS) is 21.7. The summed E-state index contributed by atoms with van der Waals surface area (Å²) in [6.45, 7) is 8.43. The Kier molecular flexibility index (Phi) is 7.82. The highest BCUT2D eigenvalue weighted by Crippen LogP contribution is 2.23. The van der Waals surface area contributed by atoms with Crippen LogP contribution in [-0.4, -0.2) is 24.3 Å². The molecule has 0 aromatic carbocycles. The molecular weight excluding hydrogens is 264 g/mol. The Bertz CT molecular complexity index is 370. The highest BCUT2D eigenvalue weighted by atomic mass is 16.6. The van der Waals surface area contributed by atoms with Crippen LogP contribution < -0.4 is 0 Å². The number of hydrogen-bond acceptors (Lipinski definition) is 3. The lowest BCUT2D eigenvalue weighted by atomic mass is 10.0. The SMILES string of the molecule is CCCCCCCC#C[C@@H]1CCO[C@H]1C(=O)OC(C)(C)C. The van der Waals surface area contributed by atoms with E-state index in [1.165, 1.54) is 25.7 Å². The Morgan fingerprint density at radius 1 is 1.24 bits per heavy atom. The van der Waals surface area contributed by atoms with E-state index < -0.39 is 11.7 Å². The van der Waals surface area contributed by atoms with Gasteiger partial charge in [-0.2, -0.15) is 0 Å². The summed E-state index contributed by atoms with van der Waals surface area (Å²) in [5.41, 5.74) is -0.472. The summed E-state index contributed by atoms with van der Waals surface area (Å²) >= 11 is 0. The largest absolute Gasteiger partial charge is 0.458 e. The minimum absolute atomic E-state index is 0.00417. The van der Waals surface area contributed by atoms with Crippen molar-refractivity contribution in [3.8, 4) is 11.8 Å². The van der Waals surface area contributed by atoms with Crippen LogP contribution in [0.5, 0.6) is 0 Å². The average molecular weight is 294 g/mol. The number of hydrogen-bond donors (Lipinski definition) is 0.